The van der Waals surface area contributed by atoms with E-state index in [9.17, 15) is 9.59 Å². The number of amides is 2. The van der Waals surface area contributed by atoms with Gasteiger partial charge in [0.05, 0.1) is 4.88 Å². The van der Waals surface area contributed by atoms with Crippen molar-refractivity contribution in [2.45, 2.75) is 38.6 Å². The molecular formula is C21H27N3O2S. The molecule has 1 aliphatic rings. The zero-order valence-corrected chi connectivity index (χ0v) is 16.8. The van der Waals surface area contributed by atoms with E-state index in [1.807, 2.05) is 11.4 Å². The van der Waals surface area contributed by atoms with Gasteiger partial charge in [0.1, 0.15) is 0 Å². The molecule has 0 radical (unpaired) electrons. The molecule has 2 heterocycles. The molecule has 0 saturated carbocycles. The zero-order valence-electron chi connectivity index (χ0n) is 16.0. The summed E-state index contributed by atoms with van der Waals surface area (Å²) in [6, 6.07) is 10.7. The van der Waals surface area contributed by atoms with Crippen LogP contribution in [-0.4, -0.2) is 41.9 Å². The topological polar surface area (TPSA) is 61.4 Å². The molecule has 1 aromatic heterocycles. The van der Waals surface area contributed by atoms with Gasteiger partial charge >= 0.3 is 0 Å². The van der Waals surface area contributed by atoms with Gasteiger partial charge < -0.3 is 10.6 Å². The Labute approximate surface area is 164 Å². The number of carbonyl (C=O) groups excluding carboxylic acids is 2. The fourth-order valence-corrected chi connectivity index (χ4v) is 3.97. The molecule has 0 atom stereocenters. The highest BCUT2D eigenvalue weighted by atomic mass is 32.1. The minimum atomic E-state index is -0.159. The van der Waals surface area contributed by atoms with Crippen molar-refractivity contribution in [3.05, 3.63) is 52.2 Å². The van der Waals surface area contributed by atoms with Crippen molar-refractivity contribution in [1.82, 2.24) is 10.2 Å². The quantitative estimate of drug-likeness (QED) is 0.790. The molecule has 0 spiro atoms. The molecule has 2 aromatic rings. The van der Waals surface area contributed by atoms with Crippen molar-refractivity contribution < 1.29 is 9.59 Å². The van der Waals surface area contributed by atoms with E-state index in [0.29, 0.717) is 22.7 Å². The van der Waals surface area contributed by atoms with Crippen molar-refractivity contribution in [2.24, 2.45) is 0 Å². The third-order valence-corrected chi connectivity index (χ3v) is 5.89. The van der Waals surface area contributed by atoms with Gasteiger partial charge in [0.25, 0.3) is 11.8 Å². The van der Waals surface area contributed by atoms with Crippen LogP contribution < -0.4 is 10.6 Å². The molecule has 5 nitrogen and oxygen atoms in total. The van der Waals surface area contributed by atoms with Crippen molar-refractivity contribution in [3.63, 3.8) is 0 Å². The van der Waals surface area contributed by atoms with Crippen LogP contribution in [0, 0.1) is 0 Å². The first kappa shape index (κ1) is 19.6. The van der Waals surface area contributed by atoms with Crippen LogP contribution in [0.2, 0.25) is 0 Å². The largest absolute Gasteiger partial charge is 0.350 e. The lowest BCUT2D eigenvalue weighted by Gasteiger charge is -2.41. The van der Waals surface area contributed by atoms with Gasteiger partial charge in [-0.3, -0.25) is 14.5 Å². The summed E-state index contributed by atoms with van der Waals surface area (Å²) < 4.78 is 0. The predicted octanol–water partition coefficient (Wildman–Crippen LogP) is 3.99. The monoisotopic (exact) mass is 385 g/mol. The van der Waals surface area contributed by atoms with Crippen LogP contribution >= 0.6 is 11.3 Å². The number of nitrogens with one attached hydrogen (secondary N) is 2. The SMILES string of the molecule is CC(C)(CNC(=O)c1cccc(NC(=O)c2cccs2)c1)N1CCCCC1. The van der Waals surface area contributed by atoms with E-state index in [1.165, 1.54) is 30.6 Å². The molecule has 3 rings (SSSR count). The van der Waals surface area contributed by atoms with E-state index in [4.69, 9.17) is 0 Å². The molecule has 144 valence electrons. The van der Waals surface area contributed by atoms with Gasteiger partial charge in [-0.1, -0.05) is 18.6 Å². The summed E-state index contributed by atoms with van der Waals surface area (Å²) >= 11 is 1.39. The Balaban J connectivity index is 1.59. The predicted molar refractivity (Wildman–Crippen MR) is 111 cm³/mol. The van der Waals surface area contributed by atoms with Gasteiger partial charge in [-0.2, -0.15) is 0 Å². The van der Waals surface area contributed by atoms with Gasteiger partial charge in [0, 0.05) is 23.3 Å². The molecule has 27 heavy (non-hydrogen) atoms. The minimum absolute atomic E-state index is 0.0684. The van der Waals surface area contributed by atoms with Crippen LogP contribution in [0.1, 0.15) is 53.1 Å². The number of thiophene rings is 1. The van der Waals surface area contributed by atoms with Crippen LogP contribution in [0.3, 0.4) is 0 Å². The second kappa shape index (κ2) is 8.67. The number of carbonyl (C=O) groups is 2. The van der Waals surface area contributed by atoms with Crippen LogP contribution in [0.4, 0.5) is 5.69 Å². The molecule has 2 N–H and O–H groups in total. The summed E-state index contributed by atoms with van der Waals surface area (Å²) in [7, 11) is 0. The molecular weight excluding hydrogens is 358 g/mol. The van der Waals surface area contributed by atoms with Crippen LogP contribution in [0.15, 0.2) is 41.8 Å². The number of anilines is 1. The van der Waals surface area contributed by atoms with Gasteiger partial charge in [-0.15, -0.1) is 11.3 Å². The van der Waals surface area contributed by atoms with Gasteiger partial charge in [0.2, 0.25) is 0 Å². The first-order chi connectivity index (χ1) is 13.0. The molecule has 1 fully saturated rings. The molecule has 0 unspecified atom stereocenters. The summed E-state index contributed by atoms with van der Waals surface area (Å²) in [4.78, 5) is 27.9. The summed E-state index contributed by atoms with van der Waals surface area (Å²) in [5.41, 5.74) is 1.10. The normalized spacial score (nSPS) is 15.3. The molecule has 0 bridgehead atoms. The number of hydrogen-bond donors (Lipinski definition) is 2. The molecule has 1 aromatic carbocycles. The van der Waals surface area contributed by atoms with Gasteiger partial charge in [-0.25, -0.2) is 0 Å². The second-order valence-electron chi connectivity index (χ2n) is 7.56. The van der Waals surface area contributed by atoms with E-state index in [1.54, 1.807) is 30.3 Å². The van der Waals surface area contributed by atoms with Crippen LogP contribution in [0.5, 0.6) is 0 Å². The Morgan fingerprint density at radius 2 is 1.85 bits per heavy atom. The van der Waals surface area contributed by atoms with Gasteiger partial charge in [-0.05, 0) is 69.4 Å². The lowest BCUT2D eigenvalue weighted by atomic mass is 9.98. The van der Waals surface area contributed by atoms with E-state index in [2.05, 4.69) is 29.4 Å². The lowest BCUT2D eigenvalue weighted by Crippen LogP contribution is -2.53. The smallest absolute Gasteiger partial charge is 0.265 e. The Morgan fingerprint density at radius 3 is 2.56 bits per heavy atom. The molecule has 6 heteroatoms. The average Bonchev–Trinajstić information content (AvgIpc) is 3.22. The molecule has 1 saturated heterocycles. The van der Waals surface area contributed by atoms with Gasteiger partial charge in [0.15, 0.2) is 0 Å². The standard InChI is InChI=1S/C21H27N3O2S/c1-21(2,24-11-4-3-5-12-24)15-22-19(25)16-8-6-9-17(14-16)23-20(26)18-10-7-13-27-18/h6-10,13-14H,3-5,11-12,15H2,1-2H3,(H,22,25)(H,23,26). The Kier molecular flexibility index (Phi) is 6.29. The summed E-state index contributed by atoms with van der Waals surface area (Å²) in [5.74, 6) is -0.277. The highest BCUT2D eigenvalue weighted by molar-refractivity contribution is 7.12. The first-order valence-electron chi connectivity index (χ1n) is 9.44. The number of benzene rings is 1. The van der Waals surface area contributed by atoms with Crippen molar-refractivity contribution in [1.29, 1.82) is 0 Å². The van der Waals surface area contributed by atoms with E-state index in [-0.39, 0.29) is 17.4 Å². The zero-order chi connectivity index (χ0) is 19.3. The Hall–Kier alpha value is -2.18. The van der Waals surface area contributed by atoms with E-state index in [0.717, 1.165) is 13.1 Å². The molecule has 1 aliphatic heterocycles. The number of nitrogens with zero attached hydrogens (tertiary/aromatic N) is 1. The summed E-state index contributed by atoms with van der Waals surface area (Å²) in [6.45, 7) is 7.13. The highest BCUT2D eigenvalue weighted by Crippen LogP contribution is 2.20. The molecule has 2 amide bonds. The first-order valence-corrected chi connectivity index (χ1v) is 10.3. The third-order valence-electron chi connectivity index (χ3n) is 5.02. The fourth-order valence-electron chi connectivity index (χ4n) is 3.35. The van der Waals surface area contributed by atoms with Crippen molar-refractivity contribution in [2.75, 3.05) is 25.0 Å². The average molecular weight is 386 g/mol. The van der Waals surface area contributed by atoms with Crippen molar-refractivity contribution in [3.8, 4) is 0 Å². The lowest BCUT2D eigenvalue weighted by molar-refractivity contribution is 0.0797. The summed E-state index contributed by atoms with van der Waals surface area (Å²) in [6.07, 6.45) is 3.75. The van der Waals surface area contributed by atoms with Crippen LogP contribution in [0.25, 0.3) is 0 Å². The number of piperidine rings is 1. The second-order valence-corrected chi connectivity index (χ2v) is 8.50. The van der Waals surface area contributed by atoms with E-state index < -0.39 is 0 Å². The highest BCUT2D eigenvalue weighted by Gasteiger charge is 2.28. The third kappa shape index (κ3) is 5.17. The maximum atomic E-state index is 12.6. The summed E-state index contributed by atoms with van der Waals surface area (Å²) in [5, 5.41) is 7.76. The number of rotatable bonds is 6. The Bertz CT molecular complexity index is 780. The number of likely N-dealkylation sites (tertiary alicyclic amines) is 1. The van der Waals surface area contributed by atoms with Crippen molar-refractivity contribution >= 4 is 28.8 Å². The number of hydrogen-bond acceptors (Lipinski definition) is 4. The van der Waals surface area contributed by atoms with E-state index >= 15 is 0 Å². The maximum Gasteiger partial charge on any atom is 0.265 e. The molecule has 0 aliphatic carbocycles. The Morgan fingerprint density at radius 1 is 1.07 bits per heavy atom. The minimum Gasteiger partial charge on any atom is -0.350 e. The maximum absolute atomic E-state index is 12.6. The fraction of sp³-hybridized carbons (Fsp3) is 0.429. The van der Waals surface area contributed by atoms with Crippen LogP contribution in [-0.2, 0) is 0 Å².